The Labute approximate surface area is 180 Å². The Morgan fingerprint density at radius 1 is 1.10 bits per heavy atom. The molecule has 5 atom stereocenters. The zero-order chi connectivity index (χ0) is 23.9. The lowest BCUT2D eigenvalue weighted by Gasteiger charge is -2.29. The van der Waals surface area contributed by atoms with E-state index in [0.29, 0.717) is 12.8 Å². The highest BCUT2D eigenvalue weighted by molar-refractivity contribution is 5.94. The molecule has 12 nitrogen and oxygen atoms in total. The van der Waals surface area contributed by atoms with Gasteiger partial charge in [-0.15, -0.1) is 0 Å². The van der Waals surface area contributed by atoms with Crippen molar-refractivity contribution in [2.24, 2.45) is 11.7 Å². The van der Waals surface area contributed by atoms with Crippen molar-refractivity contribution in [3.05, 3.63) is 0 Å². The van der Waals surface area contributed by atoms with E-state index in [9.17, 15) is 34.2 Å². The molecule has 0 saturated carbocycles. The number of hydrogen-bond acceptors (Lipinski definition) is 7. The number of likely N-dealkylation sites (tertiary alicyclic amines) is 1. The SMILES string of the molecule is CC(C)C(NC(=O)C(CCC(=O)O)NC(=O)C1CCCN1C(=O)C(N)C(C)O)C(=O)O. The van der Waals surface area contributed by atoms with Gasteiger partial charge in [-0.25, -0.2) is 4.79 Å². The maximum absolute atomic E-state index is 12.8. The second-order valence-electron chi connectivity index (χ2n) is 8.02. The molecule has 1 fully saturated rings. The van der Waals surface area contributed by atoms with Crippen molar-refractivity contribution in [3.8, 4) is 0 Å². The molecule has 0 aromatic carbocycles. The molecule has 7 N–H and O–H groups in total. The monoisotopic (exact) mass is 444 g/mol. The lowest BCUT2D eigenvalue weighted by molar-refractivity contribution is -0.145. The highest BCUT2D eigenvalue weighted by atomic mass is 16.4. The third-order valence-corrected chi connectivity index (χ3v) is 5.15. The van der Waals surface area contributed by atoms with Crippen molar-refractivity contribution in [1.82, 2.24) is 15.5 Å². The molecule has 0 radical (unpaired) electrons. The van der Waals surface area contributed by atoms with Crippen LogP contribution in [0.25, 0.3) is 0 Å². The van der Waals surface area contributed by atoms with E-state index < -0.39 is 72.3 Å². The molecule has 1 rings (SSSR count). The summed E-state index contributed by atoms with van der Waals surface area (Å²) in [7, 11) is 0. The van der Waals surface area contributed by atoms with Gasteiger partial charge < -0.3 is 36.6 Å². The topological polar surface area (TPSA) is 199 Å². The van der Waals surface area contributed by atoms with Crippen LogP contribution in [0, 0.1) is 5.92 Å². The van der Waals surface area contributed by atoms with Crippen molar-refractivity contribution in [2.75, 3.05) is 6.54 Å². The normalized spacial score (nSPS) is 19.9. The van der Waals surface area contributed by atoms with E-state index in [1.54, 1.807) is 13.8 Å². The van der Waals surface area contributed by atoms with Crippen LogP contribution in [0.1, 0.15) is 46.5 Å². The van der Waals surface area contributed by atoms with Gasteiger partial charge in [0.05, 0.1) is 6.10 Å². The van der Waals surface area contributed by atoms with Crippen LogP contribution in [-0.2, 0) is 24.0 Å². The molecule has 0 bridgehead atoms. The standard InChI is InChI=1S/C19H32N4O8/c1-9(2)15(19(30)31)22-16(27)11(6-7-13(25)26)21-17(28)12-5-4-8-23(12)18(29)14(20)10(3)24/h9-12,14-15,24H,4-8,20H2,1-3H3,(H,21,28)(H,22,27)(H,25,26)(H,30,31). The van der Waals surface area contributed by atoms with Crippen LogP contribution in [0.3, 0.4) is 0 Å². The van der Waals surface area contributed by atoms with Crippen molar-refractivity contribution in [3.63, 3.8) is 0 Å². The van der Waals surface area contributed by atoms with Crippen LogP contribution in [0.2, 0.25) is 0 Å². The van der Waals surface area contributed by atoms with E-state index in [0.717, 1.165) is 0 Å². The molecule has 12 heteroatoms. The molecule has 1 saturated heterocycles. The van der Waals surface area contributed by atoms with Crippen LogP contribution in [0.4, 0.5) is 0 Å². The lowest BCUT2D eigenvalue weighted by Crippen LogP contribution is -2.58. The van der Waals surface area contributed by atoms with Gasteiger partial charge in [0.25, 0.3) is 0 Å². The molecule has 0 spiro atoms. The number of carboxylic acid groups (broad SMARTS) is 2. The summed E-state index contributed by atoms with van der Waals surface area (Å²) in [5, 5.41) is 32.5. The summed E-state index contributed by atoms with van der Waals surface area (Å²) in [5.74, 6) is -5.00. The second-order valence-corrected chi connectivity index (χ2v) is 8.02. The number of nitrogens with two attached hydrogens (primary N) is 1. The Balaban J connectivity index is 2.96. The molecule has 3 amide bonds. The summed E-state index contributed by atoms with van der Waals surface area (Å²) in [5.41, 5.74) is 5.69. The minimum Gasteiger partial charge on any atom is -0.481 e. The Kier molecular flexibility index (Phi) is 9.85. The van der Waals surface area contributed by atoms with Gasteiger partial charge in [0.2, 0.25) is 17.7 Å². The molecule has 5 unspecified atom stereocenters. The molecule has 0 aromatic heterocycles. The molecule has 1 aliphatic heterocycles. The fourth-order valence-electron chi connectivity index (χ4n) is 3.27. The van der Waals surface area contributed by atoms with Gasteiger partial charge in [-0.1, -0.05) is 13.8 Å². The van der Waals surface area contributed by atoms with Crippen LogP contribution >= 0.6 is 0 Å². The number of nitrogens with one attached hydrogen (secondary N) is 2. The zero-order valence-corrected chi connectivity index (χ0v) is 17.9. The Morgan fingerprint density at radius 3 is 2.19 bits per heavy atom. The van der Waals surface area contributed by atoms with Crippen molar-refractivity contribution in [2.45, 2.75) is 76.7 Å². The minimum atomic E-state index is -1.30. The van der Waals surface area contributed by atoms with Gasteiger partial charge >= 0.3 is 11.9 Å². The number of carboxylic acids is 2. The van der Waals surface area contributed by atoms with Crippen LogP contribution in [-0.4, -0.2) is 86.7 Å². The molecular weight excluding hydrogens is 412 g/mol. The van der Waals surface area contributed by atoms with Crippen LogP contribution < -0.4 is 16.4 Å². The van der Waals surface area contributed by atoms with Gasteiger partial charge in [0.15, 0.2) is 0 Å². The fourth-order valence-corrected chi connectivity index (χ4v) is 3.27. The number of carbonyl (C=O) groups is 5. The number of aliphatic hydroxyl groups is 1. The summed E-state index contributed by atoms with van der Waals surface area (Å²) >= 11 is 0. The zero-order valence-electron chi connectivity index (χ0n) is 17.9. The number of rotatable bonds is 11. The first-order valence-corrected chi connectivity index (χ1v) is 10.2. The largest absolute Gasteiger partial charge is 0.481 e. The molecule has 0 aromatic rings. The third kappa shape index (κ3) is 7.47. The molecule has 1 aliphatic rings. The summed E-state index contributed by atoms with van der Waals surface area (Å²) in [4.78, 5) is 61.5. The van der Waals surface area contributed by atoms with Gasteiger partial charge in [-0.05, 0) is 32.1 Å². The number of amides is 3. The summed E-state index contributed by atoms with van der Waals surface area (Å²) in [6.45, 7) is 4.79. The third-order valence-electron chi connectivity index (χ3n) is 5.15. The van der Waals surface area contributed by atoms with E-state index in [4.69, 9.17) is 10.8 Å². The highest BCUT2D eigenvalue weighted by Gasteiger charge is 2.39. The average molecular weight is 444 g/mol. The average Bonchev–Trinajstić information content (AvgIpc) is 3.16. The summed E-state index contributed by atoms with van der Waals surface area (Å²) < 4.78 is 0. The van der Waals surface area contributed by atoms with E-state index in [1.807, 2.05) is 0 Å². The first-order valence-electron chi connectivity index (χ1n) is 10.2. The first kappa shape index (κ1) is 26.3. The molecule has 31 heavy (non-hydrogen) atoms. The van der Waals surface area contributed by atoms with Gasteiger partial charge in [0, 0.05) is 13.0 Å². The van der Waals surface area contributed by atoms with E-state index in [2.05, 4.69) is 10.6 Å². The van der Waals surface area contributed by atoms with Crippen LogP contribution in [0.15, 0.2) is 0 Å². The van der Waals surface area contributed by atoms with Crippen molar-refractivity contribution < 1.29 is 39.3 Å². The first-order chi connectivity index (χ1) is 14.4. The maximum Gasteiger partial charge on any atom is 0.326 e. The predicted molar refractivity (Wildman–Crippen MR) is 108 cm³/mol. The number of aliphatic hydroxyl groups excluding tert-OH is 1. The Bertz CT molecular complexity index is 696. The molecule has 0 aliphatic carbocycles. The molecule has 176 valence electrons. The van der Waals surface area contributed by atoms with Gasteiger partial charge in [0.1, 0.15) is 24.2 Å². The Hall–Kier alpha value is -2.73. The highest BCUT2D eigenvalue weighted by Crippen LogP contribution is 2.19. The predicted octanol–water partition coefficient (Wildman–Crippen LogP) is -1.74. The second kappa shape index (κ2) is 11.6. The quantitative estimate of drug-likeness (QED) is 0.214. The number of aliphatic carboxylic acids is 2. The van der Waals surface area contributed by atoms with E-state index >= 15 is 0 Å². The molecular formula is C19H32N4O8. The van der Waals surface area contributed by atoms with Crippen LogP contribution in [0.5, 0.6) is 0 Å². The summed E-state index contributed by atoms with van der Waals surface area (Å²) in [6, 6.07) is -4.66. The summed E-state index contributed by atoms with van der Waals surface area (Å²) in [6.07, 6.45) is -0.990. The van der Waals surface area contributed by atoms with E-state index in [1.165, 1.54) is 11.8 Å². The maximum atomic E-state index is 12.8. The smallest absolute Gasteiger partial charge is 0.326 e. The fraction of sp³-hybridized carbons (Fsp3) is 0.737. The Morgan fingerprint density at radius 2 is 1.71 bits per heavy atom. The lowest BCUT2D eigenvalue weighted by atomic mass is 10.0. The number of hydrogen-bond donors (Lipinski definition) is 6. The minimum absolute atomic E-state index is 0.248. The van der Waals surface area contributed by atoms with E-state index in [-0.39, 0.29) is 13.0 Å². The molecule has 1 heterocycles. The van der Waals surface area contributed by atoms with Crippen molar-refractivity contribution in [1.29, 1.82) is 0 Å². The number of nitrogens with zero attached hydrogens (tertiary/aromatic N) is 1. The van der Waals surface area contributed by atoms with Crippen molar-refractivity contribution >= 4 is 29.7 Å². The van der Waals surface area contributed by atoms with Gasteiger partial charge in [-0.3, -0.25) is 19.2 Å². The number of carbonyl (C=O) groups excluding carboxylic acids is 3. The van der Waals surface area contributed by atoms with Gasteiger partial charge in [-0.2, -0.15) is 0 Å².